The molecule has 2 rings (SSSR count). The van der Waals surface area contributed by atoms with Crippen molar-refractivity contribution in [3.63, 3.8) is 0 Å². The monoisotopic (exact) mass is 355 g/mol. The molecule has 1 unspecified atom stereocenters. The Hall–Kier alpha value is -1.63. The number of anilines is 1. The summed E-state index contributed by atoms with van der Waals surface area (Å²) in [5, 5.41) is 3.44. The number of nitrogens with two attached hydrogens (primary N) is 1. The van der Waals surface area contributed by atoms with Crippen molar-refractivity contribution in [3.05, 3.63) is 29.1 Å². The summed E-state index contributed by atoms with van der Waals surface area (Å²) in [7, 11) is 1.64. The van der Waals surface area contributed by atoms with Crippen molar-refractivity contribution < 1.29 is 9.53 Å². The van der Waals surface area contributed by atoms with Crippen LogP contribution in [0, 0.1) is 0 Å². The zero-order valence-electron chi connectivity index (χ0n) is 13.5. The Balaban J connectivity index is 0.00000264. The first-order valence-corrected chi connectivity index (χ1v) is 8.04. The van der Waals surface area contributed by atoms with Crippen LogP contribution in [0.5, 0.6) is 5.75 Å². The second-order valence-electron chi connectivity index (χ2n) is 5.10. The molecule has 0 bridgehead atoms. The third kappa shape index (κ3) is 5.20. The largest absolute Gasteiger partial charge is 0.497 e. The number of carbonyl (C=O) groups excluding carboxylic acids is 1. The molecule has 1 amide bonds. The average Bonchev–Trinajstić information content (AvgIpc) is 2.89. The van der Waals surface area contributed by atoms with Gasteiger partial charge in [-0.15, -0.1) is 23.7 Å². The third-order valence-electron chi connectivity index (χ3n) is 3.14. The number of nitrogens with one attached hydrogen (secondary N) is 1. The van der Waals surface area contributed by atoms with E-state index in [0.717, 1.165) is 28.3 Å². The lowest BCUT2D eigenvalue weighted by Gasteiger charge is -2.04. The molecule has 0 saturated carbocycles. The van der Waals surface area contributed by atoms with E-state index in [4.69, 9.17) is 10.5 Å². The van der Waals surface area contributed by atoms with E-state index < -0.39 is 0 Å². The number of hydrogen-bond acceptors (Lipinski definition) is 5. The molecule has 0 radical (unpaired) electrons. The van der Waals surface area contributed by atoms with Gasteiger partial charge in [-0.1, -0.05) is 6.92 Å². The SMILES string of the molecule is CCc1sc(NC(=O)CC(C)N)nc1-c1ccc(OC)cc1.Cl. The Kier molecular flexibility index (Phi) is 7.48. The first-order chi connectivity index (χ1) is 10.5. The van der Waals surface area contributed by atoms with Gasteiger partial charge in [0.15, 0.2) is 5.13 Å². The van der Waals surface area contributed by atoms with Gasteiger partial charge in [0.1, 0.15) is 5.75 Å². The number of halogens is 1. The summed E-state index contributed by atoms with van der Waals surface area (Å²) in [6, 6.07) is 7.60. The minimum absolute atomic E-state index is 0. The molecular formula is C16H22ClN3O2S. The van der Waals surface area contributed by atoms with Gasteiger partial charge in [0.05, 0.1) is 12.8 Å². The van der Waals surface area contributed by atoms with E-state index in [0.29, 0.717) is 11.6 Å². The lowest BCUT2D eigenvalue weighted by Crippen LogP contribution is -2.23. The van der Waals surface area contributed by atoms with Crippen molar-refractivity contribution in [2.24, 2.45) is 5.73 Å². The Morgan fingerprint density at radius 2 is 2.04 bits per heavy atom. The molecule has 0 aliphatic heterocycles. The van der Waals surface area contributed by atoms with Gasteiger partial charge in [-0.2, -0.15) is 0 Å². The van der Waals surface area contributed by atoms with Gasteiger partial charge in [-0.05, 0) is 37.6 Å². The van der Waals surface area contributed by atoms with E-state index >= 15 is 0 Å². The molecule has 0 fully saturated rings. The fraction of sp³-hybridized carbons (Fsp3) is 0.375. The molecule has 1 aromatic carbocycles. The molecule has 0 aliphatic rings. The molecule has 1 aromatic heterocycles. The first kappa shape index (κ1) is 19.4. The smallest absolute Gasteiger partial charge is 0.227 e. The fourth-order valence-electron chi connectivity index (χ4n) is 2.08. The zero-order valence-corrected chi connectivity index (χ0v) is 15.1. The minimum Gasteiger partial charge on any atom is -0.497 e. The summed E-state index contributed by atoms with van der Waals surface area (Å²) in [5.41, 5.74) is 7.56. The number of benzene rings is 1. The molecule has 3 N–H and O–H groups in total. The van der Waals surface area contributed by atoms with Crippen molar-refractivity contribution >= 4 is 34.8 Å². The molecule has 0 saturated heterocycles. The summed E-state index contributed by atoms with van der Waals surface area (Å²) < 4.78 is 5.17. The van der Waals surface area contributed by atoms with E-state index in [-0.39, 0.29) is 24.4 Å². The van der Waals surface area contributed by atoms with Crippen LogP contribution >= 0.6 is 23.7 Å². The molecule has 0 spiro atoms. The van der Waals surface area contributed by atoms with Gasteiger partial charge in [0.2, 0.25) is 5.91 Å². The molecule has 5 nitrogen and oxygen atoms in total. The molecule has 1 heterocycles. The van der Waals surface area contributed by atoms with Crippen molar-refractivity contribution in [2.75, 3.05) is 12.4 Å². The van der Waals surface area contributed by atoms with E-state index in [2.05, 4.69) is 17.2 Å². The van der Waals surface area contributed by atoms with Gasteiger partial charge >= 0.3 is 0 Å². The van der Waals surface area contributed by atoms with Gasteiger partial charge in [0, 0.05) is 22.9 Å². The average molecular weight is 356 g/mol. The van der Waals surface area contributed by atoms with E-state index in [9.17, 15) is 4.79 Å². The minimum atomic E-state index is -0.160. The van der Waals surface area contributed by atoms with Gasteiger partial charge in [0.25, 0.3) is 0 Å². The predicted octanol–water partition coefficient (Wildman–Crippen LogP) is 3.48. The maximum atomic E-state index is 11.8. The van der Waals surface area contributed by atoms with Crippen molar-refractivity contribution in [1.82, 2.24) is 4.98 Å². The lowest BCUT2D eigenvalue weighted by molar-refractivity contribution is -0.116. The Morgan fingerprint density at radius 1 is 1.39 bits per heavy atom. The van der Waals surface area contributed by atoms with Gasteiger partial charge in [-0.25, -0.2) is 4.98 Å². The number of ether oxygens (including phenoxy) is 1. The first-order valence-electron chi connectivity index (χ1n) is 7.23. The summed E-state index contributed by atoms with van der Waals surface area (Å²) in [5.74, 6) is 0.704. The highest BCUT2D eigenvalue weighted by atomic mass is 35.5. The highest BCUT2D eigenvalue weighted by Crippen LogP contribution is 2.32. The standard InChI is InChI=1S/C16H21N3O2S.ClH/c1-4-13-15(11-5-7-12(21-3)8-6-11)19-16(22-13)18-14(20)9-10(2)17;/h5-8,10H,4,9,17H2,1-3H3,(H,18,19,20);1H. The number of aromatic nitrogens is 1. The molecule has 23 heavy (non-hydrogen) atoms. The van der Waals surface area contributed by atoms with Crippen molar-refractivity contribution in [1.29, 1.82) is 0 Å². The maximum absolute atomic E-state index is 11.8. The van der Waals surface area contributed by atoms with Crippen LogP contribution in [0.4, 0.5) is 5.13 Å². The fourth-order valence-corrected chi connectivity index (χ4v) is 3.02. The van der Waals surface area contributed by atoms with E-state index in [1.165, 1.54) is 11.3 Å². The quantitative estimate of drug-likeness (QED) is 0.831. The molecule has 1 atom stereocenters. The van der Waals surface area contributed by atoms with Crippen molar-refractivity contribution in [3.8, 4) is 17.0 Å². The lowest BCUT2D eigenvalue weighted by atomic mass is 10.1. The number of carbonyl (C=O) groups is 1. The zero-order chi connectivity index (χ0) is 16.1. The number of aryl methyl sites for hydroxylation is 1. The van der Waals surface area contributed by atoms with E-state index in [1.807, 2.05) is 31.2 Å². The topological polar surface area (TPSA) is 77.2 Å². The molecule has 2 aromatic rings. The molecule has 126 valence electrons. The van der Waals surface area contributed by atoms with Crippen LogP contribution in [-0.4, -0.2) is 24.0 Å². The second kappa shape index (κ2) is 8.86. The van der Waals surface area contributed by atoms with Gasteiger partial charge < -0.3 is 15.8 Å². The number of thiazole rings is 1. The van der Waals surface area contributed by atoms with Crippen LogP contribution in [-0.2, 0) is 11.2 Å². The highest BCUT2D eigenvalue weighted by molar-refractivity contribution is 7.16. The Morgan fingerprint density at radius 3 is 2.57 bits per heavy atom. The summed E-state index contributed by atoms with van der Waals surface area (Å²) in [4.78, 5) is 17.5. The predicted molar refractivity (Wildman–Crippen MR) is 97.6 cm³/mol. The van der Waals surface area contributed by atoms with Crippen LogP contribution in [0.25, 0.3) is 11.3 Å². The molecule has 7 heteroatoms. The summed E-state index contributed by atoms with van der Waals surface area (Å²) in [6.07, 6.45) is 1.15. The Bertz CT molecular complexity index is 641. The number of hydrogen-bond donors (Lipinski definition) is 2. The van der Waals surface area contributed by atoms with Crippen LogP contribution in [0.2, 0.25) is 0 Å². The Labute approximate surface area is 146 Å². The number of amides is 1. The van der Waals surface area contributed by atoms with Gasteiger partial charge in [-0.3, -0.25) is 4.79 Å². The summed E-state index contributed by atoms with van der Waals surface area (Å²) in [6.45, 7) is 3.88. The number of nitrogens with zero attached hydrogens (tertiary/aromatic N) is 1. The molecular weight excluding hydrogens is 334 g/mol. The highest BCUT2D eigenvalue weighted by Gasteiger charge is 2.14. The van der Waals surface area contributed by atoms with Crippen molar-refractivity contribution in [2.45, 2.75) is 32.7 Å². The van der Waals surface area contributed by atoms with Crippen LogP contribution < -0.4 is 15.8 Å². The number of methoxy groups -OCH3 is 1. The third-order valence-corrected chi connectivity index (χ3v) is 4.25. The maximum Gasteiger partial charge on any atom is 0.227 e. The van der Waals surface area contributed by atoms with Crippen LogP contribution in [0.3, 0.4) is 0 Å². The van der Waals surface area contributed by atoms with Crippen LogP contribution in [0.1, 0.15) is 25.1 Å². The van der Waals surface area contributed by atoms with Crippen LogP contribution in [0.15, 0.2) is 24.3 Å². The summed E-state index contributed by atoms with van der Waals surface area (Å²) >= 11 is 1.50. The second-order valence-corrected chi connectivity index (χ2v) is 6.19. The molecule has 0 aliphatic carbocycles. The number of rotatable bonds is 6. The normalized spacial score (nSPS) is 11.5. The van der Waals surface area contributed by atoms with E-state index in [1.54, 1.807) is 7.11 Å².